The summed E-state index contributed by atoms with van der Waals surface area (Å²) in [4.78, 5) is 23.4. The Bertz CT molecular complexity index is 941. The van der Waals surface area contributed by atoms with Crippen LogP contribution in [0, 0.1) is 5.92 Å². The highest BCUT2D eigenvalue weighted by molar-refractivity contribution is 5.93. The van der Waals surface area contributed by atoms with E-state index in [0.29, 0.717) is 24.1 Å². The molecule has 2 aliphatic rings. The average Bonchev–Trinajstić information content (AvgIpc) is 2.85. The Morgan fingerprint density at radius 3 is 2.48 bits per heavy atom. The average molecular weight is 448 g/mol. The summed E-state index contributed by atoms with van der Waals surface area (Å²) in [5, 5.41) is 3.54. The number of carbonyl (C=O) groups is 1. The molecule has 2 saturated heterocycles. The van der Waals surface area contributed by atoms with Crippen LogP contribution in [0.4, 0.5) is 0 Å². The molecule has 0 bridgehead atoms. The van der Waals surface area contributed by atoms with E-state index < -0.39 is 0 Å². The molecule has 2 aliphatic heterocycles. The van der Waals surface area contributed by atoms with Gasteiger partial charge in [0, 0.05) is 58.9 Å². The lowest BCUT2D eigenvalue weighted by atomic mass is 9.83. The fraction of sp³-hybridized carbons (Fsp3) is 0.481. The molecule has 2 atom stereocenters. The molecule has 6 heteroatoms. The summed E-state index contributed by atoms with van der Waals surface area (Å²) in [7, 11) is 5.42. The van der Waals surface area contributed by atoms with E-state index in [1.807, 2.05) is 31.3 Å². The molecule has 0 radical (unpaired) electrons. The van der Waals surface area contributed by atoms with Crippen molar-refractivity contribution in [1.82, 2.24) is 20.0 Å². The second-order valence-corrected chi connectivity index (χ2v) is 9.46. The van der Waals surface area contributed by atoms with Crippen molar-refractivity contribution in [2.75, 3.05) is 40.8 Å². The van der Waals surface area contributed by atoms with Crippen molar-refractivity contribution in [2.24, 2.45) is 10.9 Å². The highest BCUT2D eigenvalue weighted by Gasteiger charge is 2.36. The van der Waals surface area contributed by atoms with Crippen molar-refractivity contribution in [1.29, 1.82) is 0 Å². The summed E-state index contributed by atoms with van der Waals surface area (Å²) in [5.41, 5.74) is 3.27. The fourth-order valence-electron chi connectivity index (χ4n) is 5.25. The van der Waals surface area contributed by atoms with Crippen LogP contribution in [0.3, 0.4) is 0 Å². The van der Waals surface area contributed by atoms with Gasteiger partial charge in [-0.2, -0.15) is 0 Å². The molecule has 1 amide bonds. The summed E-state index contributed by atoms with van der Waals surface area (Å²) in [6.07, 6.45) is 3.75. The van der Waals surface area contributed by atoms with Gasteiger partial charge in [0.15, 0.2) is 5.96 Å². The van der Waals surface area contributed by atoms with E-state index in [0.717, 1.165) is 31.2 Å². The molecule has 2 fully saturated rings. The molecule has 176 valence electrons. The number of nitrogens with zero attached hydrogens (tertiary/aromatic N) is 4. The van der Waals surface area contributed by atoms with Gasteiger partial charge in [0.2, 0.25) is 0 Å². The van der Waals surface area contributed by atoms with Gasteiger partial charge in [0.05, 0.1) is 0 Å². The zero-order chi connectivity index (χ0) is 23.2. The topological polar surface area (TPSA) is 51.2 Å². The van der Waals surface area contributed by atoms with Gasteiger partial charge in [-0.25, -0.2) is 0 Å². The lowest BCUT2D eigenvalue weighted by molar-refractivity contribution is 0.0372. The largest absolute Gasteiger partial charge is 0.352 e. The molecule has 6 nitrogen and oxygen atoms in total. The lowest BCUT2D eigenvalue weighted by Crippen LogP contribution is -2.56. The second-order valence-electron chi connectivity index (χ2n) is 9.46. The first-order valence-electron chi connectivity index (χ1n) is 12.1. The molecule has 33 heavy (non-hydrogen) atoms. The third kappa shape index (κ3) is 5.74. The van der Waals surface area contributed by atoms with Crippen molar-refractivity contribution in [3.63, 3.8) is 0 Å². The molecule has 2 unspecified atom stereocenters. The van der Waals surface area contributed by atoms with E-state index in [1.54, 1.807) is 19.0 Å². The summed E-state index contributed by atoms with van der Waals surface area (Å²) < 4.78 is 0. The normalized spacial score (nSPS) is 21.4. The highest BCUT2D eigenvalue weighted by Crippen LogP contribution is 2.31. The molecule has 4 rings (SSSR count). The molecular weight excluding hydrogens is 410 g/mol. The van der Waals surface area contributed by atoms with Gasteiger partial charge in [-0.15, -0.1) is 0 Å². The minimum absolute atomic E-state index is 0.0296. The van der Waals surface area contributed by atoms with Gasteiger partial charge in [-0.05, 0) is 55.0 Å². The Hall–Kier alpha value is -2.86. The van der Waals surface area contributed by atoms with Crippen molar-refractivity contribution in [2.45, 2.75) is 38.4 Å². The zero-order valence-corrected chi connectivity index (χ0v) is 20.2. The van der Waals surface area contributed by atoms with Gasteiger partial charge in [0.1, 0.15) is 0 Å². The third-order valence-corrected chi connectivity index (χ3v) is 6.98. The molecule has 0 saturated carbocycles. The van der Waals surface area contributed by atoms with E-state index in [-0.39, 0.29) is 5.91 Å². The number of fused-ring (bicyclic) bond motifs is 1. The first kappa shape index (κ1) is 23.3. The predicted molar refractivity (Wildman–Crippen MR) is 134 cm³/mol. The number of carbonyl (C=O) groups excluding carboxylic acids is 1. The van der Waals surface area contributed by atoms with E-state index in [1.165, 1.54) is 31.4 Å². The van der Waals surface area contributed by atoms with Crippen LogP contribution < -0.4 is 5.32 Å². The first-order chi connectivity index (χ1) is 16.0. The number of benzene rings is 2. The maximum Gasteiger partial charge on any atom is 0.253 e. The number of hydrogen-bond donors (Lipinski definition) is 1. The van der Waals surface area contributed by atoms with Crippen molar-refractivity contribution >= 4 is 11.9 Å². The molecule has 2 aromatic carbocycles. The molecule has 0 aliphatic carbocycles. The van der Waals surface area contributed by atoms with Crippen LogP contribution in [-0.2, 0) is 13.1 Å². The Labute approximate surface area is 198 Å². The summed E-state index contributed by atoms with van der Waals surface area (Å²) >= 11 is 0. The van der Waals surface area contributed by atoms with Crippen LogP contribution in [0.2, 0.25) is 0 Å². The number of guanidine groups is 1. The van der Waals surface area contributed by atoms with Crippen LogP contribution in [0.5, 0.6) is 0 Å². The molecule has 0 aromatic heterocycles. The Morgan fingerprint density at radius 2 is 1.79 bits per heavy atom. The standard InChI is InChI=1S/C27H37N5O/c1-28-27(29-18-21-11-13-23(14-12-21)26(33)30(2)3)32-17-15-25-24(20-32)10-7-16-31(25)19-22-8-5-4-6-9-22/h4-6,8-9,11-14,24-25H,7,10,15-20H2,1-3H3,(H,28,29). The number of likely N-dealkylation sites (tertiary alicyclic amines) is 2. The zero-order valence-electron chi connectivity index (χ0n) is 20.2. The minimum Gasteiger partial charge on any atom is -0.352 e. The van der Waals surface area contributed by atoms with Crippen LogP contribution in [-0.4, -0.2) is 73.4 Å². The number of hydrogen-bond acceptors (Lipinski definition) is 3. The fourth-order valence-corrected chi connectivity index (χ4v) is 5.25. The highest BCUT2D eigenvalue weighted by atomic mass is 16.2. The van der Waals surface area contributed by atoms with Gasteiger partial charge in [-0.3, -0.25) is 14.7 Å². The third-order valence-electron chi connectivity index (χ3n) is 6.98. The van der Waals surface area contributed by atoms with Crippen LogP contribution in [0.25, 0.3) is 0 Å². The van der Waals surface area contributed by atoms with Crippen LogP contribution in [0.15, 0.2) is 59.6 Å². The van der Waals surface area contributed by atoms with Crippen molar-refractivity contribution in [3.05, 3.63) is 71.3 Å². The number of piperidine rings is 2. The summed E-state index contributed by atoms with van der Waals surface area (Å²) in [6, 6.07) is 19.4. The number of nitrogens with one attached hydrogen (secondary N) is 1. The molecule has 0 spiro atoms. The van der Waals surface area contributed by atoms with E-state index >= 15 is 0 Å². The molecule has 2 heterocycles. The van der Waals surface area contributed by atoms with Crippen molar-refractivity contribution in [3.8, 4) is 0 Å². The SMILES string of the molecule is CN=C(NCc1ccc(C(=O)N(C)C)cc1)N1CCC2C(CCCN2Cc2ccccc2)C1. The number of amides is 1. The van der Waals surface area contributed by atoms with E-state index in [9.17, 15) is 4.79 Å². The van der Waals surface area contributed by atoms with E-state index in [4.69, 9.17) is 0 Å². The van der Waals surface area contributed by atoms with Gasteiger partial charge in [0.25, 0.3) is 5.91 Å². The number of aliphatic imine (C=N–C) groups is 1. The molecular formula is C27H37N5O. The van der Waals surface area contributed by atoms with Crippen LogP contribution >= 0.6 is 0 Å². The van der Waals surface area contributed by atoms with E-state index in [2.05, 4.69) is 50.4 Å². The Balaban J connectivity index is 1.32. The van der Waals surface area contributed by atoms with Crippen molar-refractivity contribution < 1.29 is 4.79 Å². The number of rotatable bonds is 5. The Morgan fingerprint density at radius 1 is 1.03 bits per heavy atom. The summed E-state index contributed by atoms with van der Waals surface area (Å²) in [6.45, 7) is 5.05. The minimum atomic E-state index is 0.0296. The maximum atomic E-state index is 12.1. The first-order valence-corrected chi connectivity index (χ1v) is 12.1. The van der Waals surface area contributed by atoms with Gasteiger partial charge in [-0.1, -0.05) is 42.5 Å². The quantitative estimate of drug-likeness (QED) is 0.564. The molecule has 1 N–H and O–H groups in total. The predicted octanol–water partition coefficient (Wildman–Crippen LogP) is 3.45. The lowest BCUT2D eigenvalue weighted by Gasteiger charge is -2.48. The smallest absolute Gasteiger partial charge is 0.253 e. The van der Waals surface area contributed by atoms with Gasteiger partial charge < -0.3 is 15.1 Å². The van der Waals surface area contributed by atoms with Gasteiger partial charge >= 0.3 is 0 Å². The second kappa shape index (κ2) is 10.8. The maximum absolute atomic E-state index is 12.1. The summed E-state index contributed by atoms with van der Waals surface area (Å²) in [5.74, 6) is 1.69. The molecule has 2 aromatic rings. The Kier molecular flexibility index (Phi) is 7.65. The monoisotopic (exact) mass is 447 g/mol. The van der Waals surface area contributed by atoms with Crippen LogP contribution in [0.1, 0.15) is 40.7 Å².